The first-order valence-corrected chi connectivity index (χ1v) is 17.1. The second-order valence-corrected chi connectivity index (χ2v) is 19.8. The predicted octanol–water partition coefficient (Wildman–Crippen LogP) is 4.30. The average Bonchev–Trinajstić information content (AvgIpc) is 3.46. The van der Waals surface area contributed by atoms with Crippen LogP contribution in [0.1, 0.15) is 37.5 Å². The number of carbonyl (C=O) groups is 1. The number of ether oxygens (including phenoxy) is 1. The van der Waals surface area contributed by atoms with Crippen molar-refractivity contribution in [1.29, 1.82) is 0 Å². The molecule has 1 aliphatic rings. The maximum absolute atomic E-state index is 13.0. The van der Waals surface area contributed by atoms with Crippen molar-refractivity contribution >= 4 is 58.7 Å². The number of imidazole rings is 1. The van der Waals surface area contributed by atoms with E-state index in [1.54, 1.807) is 13.4 Å². The summed E-state index contributed by atoms with van der Waals surface area (Å²) in [5, 5.41) is 6.98. The van der Waals surface area contributed by atoms with E-state index in [0.29, 0.717) is 33.7 Å². The van der Waals surface area contributed by atoms with Gasteiger partial charge in [0.25, 0.3) is 0 Å². The van der Waals surface area contributed by atoms with Gasteiger partial charge in [0.1, 0.15) is 16.8 Å². The van der Waals surface area contributed by atoms with Crippen LogP contribution in [0.15, 0.2) is 24.5 Å². The fraction of sp³-hybridized carbons (Fsp3) is 0.423. The van der Waals surface area contributed by atoms with Gasteiger partial charge in [-0.05, 0) is 68.8 Å². The molecule has 1 aromatic carbocycles. The van der Waals surface area contributed by atoms with E-state index >= 15 is 0 Å². The molecule has 0 saturated heterocycles. The molecule has 0 radical (unpaired) electrons. The summed E-state index contributed by atoms with van der Waals surface area (Å²) in [6.45, 7) is 0. The Labute approximate surface area is 220 Å². The third kappa shape index (κ3) is 5.50. The van der Waals surface area contributed by atoms with E-state index in [1.807, 2.05) is 18.2 Å². The molecule has 11 heteroatoms. The lowest BCUT2D eigenvalue weighted by Gasteiger charge is -2.40. The number of methoxy groups -OCH3 is 1. The van der Waals surface area contributed by atoms with E-state index < -0.39 is 9.16 Å². The highest BCUT2D eigenvalue weighted by atomic mass is 32.3. The summed E-state index contributed by atoms with van der Waals surface area (Å²) < 4.78 is 8.44. The third-order valence-electron chi connectivity index (χ3n) is 6.36. The molecule has 3 heterocycles. The van der Waals surface area contributed by atoms with E-state index in [0.717, 1.165) is 35.9 Å². The van der Waals surface area contributed by atoms with Crippen molar-refractivity contribution < 1.29 is 9.53 Å². The quantitative estimate of drug-likeness (QED) is 0.261. The van der Waals surface area contributed by atoms with Crippen LogP contribution in [0.2, 0.25) is 0 Å². The number of carbonyl (C=O) groups excluding carboxylic acids is 1. The van der Waals surface area contributed by atoms with Crippen LogP contribution in [-0.2, 0) is 4.79 Å². The Balaban J connectivity index is 1.29. The highest BCUT2D eigenvalue weighted by Crippen LogP contribution is 2.54. The second kappa shape index (κ2) is 9.19. The van der Waals surface area contributed by atoms with Crippen molar-refractivity contribution in [3.8, 4) is 16.9 Å². The molecule has 0 bridgehead atoms. The number of fused-ring (bicyclic) bond motifs is 2. The molecular formula is C26H33N7O2S2. The summed E-state index contributed by atoms with van der Waals surface area (Å²) in [6.07, 6.45) is 13.7. The molecule has 0 spiro atoms. The molecule has 3 aromatic heterocycles. The van der Waals surface area contributed by atoms with Gasteiger partial charge in [-0.25, -0.2) is 29.1 Å². The van der Waals surface area contributed by atoms with Crippen LogP contribution in [-0.4, -0.2) is 62.5 Å². The monoisotopic (exact) mass is 539 g/mol. The topological polar surface area (TPSA) is 121 Å². The van der Waals surface area contributed by atoms with E-state index in [9.17, 15) is 4.79 Å². The summed E-state index contributed by atoms with van der Waals surface area (Å²) in [6, 6.07) is 5.96. The first kappa shape index (κ1) is 25.3. The lowest BCUT2D eigenvalue weighted by atomic mass is 9.85. The fourth-order valence-corrected chi connectivity index (χ4v) is 5.93. The smallest absolute Gasteiger partial charge is 0.229 e. The third-order valence-corrected chi connectivity index (χ3v) is 8.30. The van der Waals surface area contributed by atoms with Gasteiger partial charge in [0.2, 0.25) is 11.7 Å². The molecule has 5 rings (SSSR count). The summed E-state index contributed by atoms with van der Waals surface area (Å²) in [4.78, 5) is 31.2. The average molecular weight is 540 g/mol. The molecule has 4 aromatic rings. The number of benzene rings is 1. The maximum atomic E-state index is 13.0. The van der Waals surface area contributed by atoms with Crippen LogP contribution in [0.25, 0.3) is 21.4 Å². The molecule has 0 aliphatic heterocycles. The van der Waals surface area contributed by atoms with Gasteiger partial charge in [0.15, 0.2) is 16.6 Å². The number of nitrogens with zero attached hydrogens (tertiary/aromatic N) is 5. The van der Waals surface area contributed by atoms with Crippen molar-refractivity contribution in [2.24, 2.45) is 5.92 Å². The molecule has 1 aliphatic carbocycles. The Morgan fingerprint density at radius 3 is 2.59 bits per heavy atom. The molecule has 3 N–H and O–H groups in total. The minimum atomic E-state index is -2.03. The number of rotatable bonds is 4. The Morgan fingerprint density at radius 1 is 1.14 bits per heavy atom. The van der Waals surface area contributed by atoms with Crippen LogP contribution in [0.5, 0.6) is 5.75 Å². The van der Waals surface area contributed by atoms with E-state index in [1.165, 1.54) is 11.3 Å². The standard InChI is InChI=1S/C26H33N7O2S2/c1-35-18-7-6-8-19-21(18)31-26(36-19)32-25(34)16-9-11-17(12-10-16)33-15-28-22-23(27)29-20(30-24(22)33)13-14-37(2,3,4)5/h6-8,15-17,37H,9-12H2,1-5H3,(H2,27,29,30)(H,31,32,34). The van der Waals surface area contributed by atoms with Crippen molar-refractivity contribution in [3.63, 3.8) is 0 Å². The number of hydrogen-bond donors (Lipinski definition) is 3. The number of nitrogen functional groups attached to an aromatic ring is 1. The molecule has 196 valence electrons. The van der Waals surface area contributed by atoms with Gasteiger partial charge in [-0.15, -0.1) is 0 Å². The summed E-state index contributed by atoms with van der Waals surface area (Å²) in [7, 11) is -0.412. The zero-order chi connectivity index (χ0) is 26.4. The lowest BCUT2D eigenvalue weighted by Crippen LogP contribution is -2.28. The largest absolute Gasteiger partial charge is 0.494 e. The van der Waals surface area contributed by atoms with Gasteiger partial charge in [-0.1, -0.05) is 22.7 Å². The minimum absolute atomic E-state index is 0.00989. The molecule has 9 nitrogen and oxygen atoms in total. The molecule has 1 fully saturated rings. The normalized spacial score (nSPS) is 19.1. The number of nitrogens with two attached hydrogens (primary N) is 1. The van der Waals surface area contributed by atoms with Gasteiger partial charge < -0.3 is 20.4 Å². The van der Waals surface area contributed by atoms with E-state index in [-0.39, 0.29) is 17.9 Å². The number of hydrogen-bond acceptors (Lipinski definition) is 8. The Morgan fingerprint density at radius 2 is 1.89 bits per heavy atom. The lowest BCUT2D eigenvalue weighted by molar-refractivity contribution is -0.120. The van der Waals surface area contributed by atoms with Crippen LogP contribution in [0.4, 0.5) is 10.9 Å². The Hall–Kier alpha value is -3.36. The van der Waals surface area contributed by atoms with Crippen LogP contribution >= 0.6 is 20.5 Å². The molecule has 0 atom stereocenters. The second-order valence-electron chi connectivity index (χ2n) is 11.4. The number of aromatic nitrogens is 5. The molecule has 37 heavy (non-hydrogen) atoms. The van der Waals surface area contributed by atoms with Crippen molar-refractivity contribution in [3.05, 3.63) is 30.4 Å². The Kier molecular flexibility index (Phi) is 6.28. The summed E-state index contributed by atoms with van der Waals surface area (Å²) >= 11 is 1.46. The highest BCUT2D eigenvalue weighted by Gasteiger charge is 2.29. The number of amides is 1. The number of thiol groups is 1. The summed E-state index contributed by atoms with van der Waals surface area (Å²) in [5.74, 6) is 4.55. The van der Waals surface area contributed by atoms with Gasteiger partial charge in [-0.2, -0.15) is 0 Å². The van der Waals surface area contributed by atoms with Crippen molar-refractivity contribution in [1.82, 2.24) is 24.5 Å². The molecular weight excluding hydrogens is 506 g/mol. The van der Waals surface area contributed by atoms with Crippen molar-refractivity contribution in [2.45, 2.75) is 31.7 Å². The van der Waals surface area contributed by atoms with Crippen LogP contribution in [0, 0.1) is 17.1 Å². The zero-order valence-electron chi connectivity index (χ0n) is 21.8. The fourth-order valence-electron chi connectivity index (χ4n) is 4.50. The van der Waals surface area contributed by atoms with Crippen LogP contribution < -0.4 is 15.8 Å². The van der Waals surface area contributed by atoms with Crippen LogP contribution in [0.3, 0.4) is 0 Å². The SMILES string of the molecule is COc1cccc2sc(NC(=O)C3CCC(n4cnc5c(N)nc(C#C[SH](C)(C)(C)C)nc54)CC3)nc12. The highest BCUT2D eigenvalue weighted by molar-refractivity contribution is 8.51. The molecule has 0 unspecified atom stereocenters. The number of nitrogens with one attached hydrogen (secondary N) is 1. The van der Waals surface area contributed by atoms with Gasteiger partial charge in [0.05, 0.1) is 18.1 Å². The van der Waals surface area contributed by atoms with Crippen molar-refractivity contribution in [2.75, 3.05) is 43.2 Å². The first-order valence-electron chi connectivity index (χ1n) is 12.3. The number of anilines is 2. The van der Waals surface area contributed by atoms with E-state index in [4.69, 9.17) is 15.5 Å². The van der Waals surface area contributed by atoms with Gasteiger partial charge in [0, 0.05) is 12.0 Å². The van der Waals surface area contributed by atoms with E-state index in [2.05, 4.69) is 61.0 Å². The maximum Gasteiger partial charge on any atom is 0.229 e. The predicted molar refractivity (Wildman–Crippen MR) is 155 cm³/mol. The number of para-hydroxylation sites is 1. The minimum Gasteiger partial charge on any atom is -0.494 e. The zero-order valence-corrected chi connectivity index (χ0v) is 23.5. The summed E-state index contributed by atoms with van der Waals surface area (Å²) in [5.41, 5.74) is 8.27. The van der Waals surface area contributed by atoms with Gasteiger partial charge >= 0.3 is 0 Å². The van der Waals surface area contributed by atoms with Gasteiger partial charge in [-0.3, -0.25) is 4.79 Å². The first-order chi connectivity index (χ1) is 17.5. The molecule has 1 saturated carbocycles. The number of thiazole rings is 1. The molecule has 1 amide bonds. The Bertz CT molecular complexity index is 1550.